The molecule has 0 aliphatic heterocycles. The molecule has 17 heavy (non-hydrogen) atoms. The summed E-state index contributed by atoms with van der Waals surface area (Å²) < 4.78 is 3.76. The second-order valence-electron chi connectivity index (χ2n) is 4.25. The van der Waals surface area contributed by atoms with Gasteiger partial charge >= 0.3 is 0 Å². The van der Waals surface area contributed by atoms with Gasteiger partial charge in [0.05, 0.1) is 25.0 Å². The zero-order valence-corrected chi connectivity index (χ0v) is 10.2. The normalized spacial score (nSPS) is 12.9. The number of aromatic nitrogens is 4. The van der Waals surface area contributed by atoms with Crippen molar-refractivity contribution in [2.24, 2.45) is 0 Å². The quantitative estimate of drug-likeness (QED) is 0.854. The van der Waals surface area contributed by atoms with Crippen LogP contribution in [0.4, 0.5) is 0 Å². The van der Waals surface area contributed by atoms with E-state index >= 15 is 0 Å². The highest BCUT2D eigenvalue weighted by atomic mass is 16.3. The van der Waals surface area contributed by atoms with Crippen LogP contribution in [-0.2, 0) is 13.2 Å². The van der Waals surface area contributed by atoms with Crippen LogP contribution in [0.3, 0.4) is 0 Å². The van der Waals surface area contributed by atoms with Crippen molar-refractivity contribution < 1.29 is 5.11 Å². The third kappa shape index (κ3) is 2.74. The maximum absolute atomic E-state index is 8.95. The molecule has 0 aliphatic carbocycles. The third-order valence-electron chi connectivity index (χ3n) is 2.90. The van der Waals surface area contributed by atoms with Crippen molar-refractivity contribution >= 4 is 0 Å². The van der Waals surface area contributed by atoms with Crippen molar-refractivity contribution in [3.63, 3.8) is 0 Å². The van der Waals surface area contributed by atoms with E-state index in [-0.39, 0.29) is 6.61 Å². The van der Waals surface area contributed by atoms with E-state index in [1.165, 1.54) is 0 Å². The minimum Gasteiger partial charge on any atom is -0.392 e. The lowest BCUT2D eigenvalue weighted by atomic mass is 10.3. The molecule has 2 heterocycles. The molecule has 0 saturated heterocycles. The molecule has 92 valence electrons. The van der Waals surface area contributed by atoms with E-state index in [1.54, 1.807) is 10.9 Å². The average Bonchev–Trinajstić information content (AvgIpc) is 2.97. The van der Waals surface area contributed by atoms with E-state index in [9.17, 15) is 0 Å². The van der Waals surface area contributed by atoms with Gasteiger partial charge in [-0.05, 0) is 19.4 Å². The predicted octanol–water partition coefficient (Wildman–Crippen LogP) is 1.59. The summed E-state index contributed by atoms with van der Waals surface area (Å²) in [7, 11) is 0. The Labute approximate surface area is 101 Å². The number of aliphatic hydroxyl groups excluding tert-OH is 1. The molecule has 0 saturated carbocycles. The van der Waals surface area contributed by atoms with E-state index in [4.69, 9.17) is 5.11 Å². The number of nitrogens with zero attached hydrogens (tertiary/aromatic N) is 4. The van der Waals surface area contributed by atoms with Crippen LogP contribution < -0.4 is 0 Å². The van der Waals surface area contributed by atoms with E-state index in [1.807, 2.05) is 23.1 Å². The Hall–Kier alpha value is -1.62. The molecule has 0 bridgehead atoms. The molecule has 0 spiro atoms. The molecule has 1 unspecified atom stereocenters. The van der Waals surface area contributed by atoms with E-state index < -0.39 is 0 Å². The molecule has 5 heteroatoms. The fourth-order valence-electron chi connectivity index (χ4n) is 1.63. The summed E-state index contributed by atoms with van der Waals surface area (Å²) in [5, 5.41) is 17.6. The first kappa shape index (κ1) is 11.9. The average molecular weight is 234 g/mol. The number of rotatable bonds is 5. The maximum atomic E-state index is 8.95. The molecule has 2 aromatic heterocycles. The van der Waals surface area contributed by atoms with Crippen LogP contribution in [-0.4, -0.2) is 24.7 Å². The predicted molar refractivity (Wildman–Crippen MR) is 64.5 cm³/mol. The van der Waals surface area contributed by atoms with Gasteiger partial charge in [0, 0.05) is 24.0 Å². The van der Waals surface area contributed by atoms with Gasteiger partial charge in [0.2, 0.25) is 0 Å². The fourth-order valence-corrected chi connectivity index (χ4v) is 1.63. The van der Waals surface area contributed by atoms with Crippen LogP contribution in [0.25, 0.3) is 0 Å². The standard InChI is InChI=1S/C12H18N4O/c1-3-10(2)16-5-4-12(14-16)8-15-7-11(9-17)6-13-15/h4-7,10,17H,3,8-9H2,1-2H3. The Morgan fingerprint density at radius 1 is 1.47 bits per heavy atom. The molecule has 0 fully saturated rings. The Morgan fingerprint density at radius 2 is 2.29 bits per heavy atom. The van der Waals surface area contributed by atoms with Gasteiger partial charge in [-0.2, -0.15) is 10.2 Å². The first-order valence-corrected chi connectivity index (χ1v) is 5.89. The summed E-state index contributed by atoms with van der Waals surface area (Å²) in [5.41, 5.74) is 1.81. The molecular weight excluding hydrogens is 216 g/mol. The highest BCUT2D eigenvalue weighted by molar-refractivity contribution is 5.05. The smallest absolute Gasteiger partial charge is 0.0849 e. The Bertz CT molecular complexity index is 474. The second-order valence-corrected chi connectivity index (χ2v) is 4.25. The Balaban J connectivity index is 2.06. The van der Waals surface area contributed by atoms with Gasteiger partial charge in [0.15, 0.2) is 0 Å². The van der Waals surface area contributed by atoms with Crippen molar-refractivity contribution in [2.45, 2.75) is 39.5 Å². The Kier molecular flexibility index (Phi) is 3.58. The molecule has 1 atom stereocenters. The van der Waals surface area contributed by atoms with Crippen molar-refractivity contribution in [1.82, 2.24) is 19.6 Å². The van der Waals surface area contributed by atoms with Crippen LogP contribution >= 0.6 is 0 Å². The third-order valence-corrected chi connectivity index (χ3v) is 2.90. The summed E-state index contributed by atoms with van der Waals surface area (Å²) in [6.07, 6.45) is 6.57. The maximum Gasteiger partial charge on any atom is 0.0849 e. The lowest BCUT2D eigenvalue weighted by molar-refractivity contribution is 0.281. The zero-order valence-electron chi connectivity index (χ0n) is 10.2. The van der Waals surface area contributed by atoms with Gasteiger partial charge in [-0.25, -0.2) is 0 Å². The van der Waals surface area contributed by atoms with E-state index in [0.717, 1.165) is 17.7 Å². The molecule has 0 amide bonds. The SMILES string of the molecule is CCC(C)n1ccc(Cn2cc(CO)cn2)n1. The van der Waals surface area contributed by atoms with Gasteiger partial charge in [-0.3, -0.25) is 9.36 Å². The highest BCUT2D eigenvalue weighted by Crippen LogP contribution is 2.10. The monoisotopic (exact) mass is 234 g/mol. The molecule has 0 radical (unpaired) electrons. The summed E-state index contributed by atoms with van der Waals surface area (Å²) >= 11 is 0. The van der Waals surface area contributed by atoms with Gasteiger partial charge in [0.1, 0.15) is 0 Å². The number of hydrogen-bond donors (Lipinski definition) is 1. The van der Waals surface area contributed by atoms with Crippen molar-refractivity contribution in [3.05, 3.63) is 35.9 Å². The second kappa shape index (κ2) is 5.14. The number of aliphatic hydroxyl groups is 1. The van der Waals surface area contributed by atoms with E-state index in [0.29, 0.717) is 12.6 Å². The van der Waals surface area contributed by atoms with E-state index in [2.05, 4.69) is 24.0 Å². The van der Waals surface area contributed by atoms with Gasteiger partial charge in [0.25, 0.3) is 0 Å². The van der Waals surface area contributed by atoms with Crippen LogP contribution in [0.15, 0.2) is 24.7 Å². The molecule has 2 rings (SSSR count). The molecule has 1 N–H and O–H groups in total. The Morgan fingerprint density at radius 3 is 2.94 bits per heavy atom. The summed E-state index contributed by atoms with van der Waals surface area (Å²) in [4.78, 5) is 0. The van der Waals surface area contributed by atoms with Crippen molar-refractivity contribution in [3.8, 4) is 0 Å². The first-order chi connectivity index (χ1) is 8.22. The van der Waals surface area contributed by atoms with Crippen LogP contribution in [0.2, 0.25) is 0 Å². The molecule has 5 nitrogen and oxygen atoms in total. The van der Waals surface area contributed by atoms with Gasteiger partial charge < -0.3 is 5.11 Å². The lowest BCUT2D eigenvalue weighted by Gasteiger charge is -2.08. The summed E-state index contributed by atoms with van der Waals surface area (Å²) in [5.74, 6) is 0. The first-order valence-electron chi connectivity index (χ1n) is 5.89. The van der Waals surface area contributed by atoms with Crippen molar-refractivity contribution in [2.75, 3.05) is 0 Å². The minimum absolute atomic E-state index is 0.0291. The fraction of sp³-hybridized carbons (Fsp3) is 0.500. The van der Waals surface area contributed by atoms with Crippen LogP contribution in [0.5, 0.6) is 0 Å². The minimum atomic E-state index is 0.0291. The largest absolute Gasteiger partial charge is 0.392 e. The molecule has 0 aliphatic rings. The van der Waals surface area contributed by atoms with Crippen LogP contribution in [0.1, 0.15) is 37.6 Å². The molecule has 2 aromatic rings. The summed E-state index contributed by atoms with van der Waals surface area (Å²) in [6, 6.07) is 2.43. The number of hydrogen-bond acceptors (Lipinski definition) is 3. The zero-order chi connectivity index (χ0) is 12.3. The topological polar surface area (TPSA) is 55.9 Å². The highest BCUT2D eigenvalue weighted by Gasteiger charge is 2.05. The van der Waals surface area contributed by atoms with Gasteiger partial charge in [-0.1, -0.05) is 6.92 Å². The summed E-state index contributed by atoms with van der Waals surface area (Å²) in [6.45, 7) is 4.96. The molecular formula is C12H18N4O. The van der Waals surface area contributed by atoms with Crippen molar-refractivity contribution in [1.29, 1.82) is 0 Å². The van der Waals surface area contributed by atoms with Crippen LogP contribution in [0, 0.1) is 0 Å². The lowest BCUT2D eigenvalue weighted by Crippen LogP contribution is -2.06. The van der Waals surface area contributed by atoms with Gasteiger partial charge in [-0.15, -0.1) is 0 Å². The molecule has 0 aromatic carbocycles.